The molecule has 3 heterocycles. The van der Waals surface area contributed by atoms with Crippen LogP contribution in [-0.4, -0.2) is 50.5 Å². The van der Waals surface area contributed by atoms with Crippen LogP contribution in [0.1, 0.15) is 25.7 Å². The van der Waals surface area contributed by atoms with Crippen LogP contribution in [-0.2, 0) is 0 Å². The van der Waals surface area contributed by atoms with Gasteiger partial charge in [0.2, 0.25) is 11.8 Å². The number of rotatable bonds is 6. The quantitative estimate of drug-likeness (QED) is 0.555. The highest BCUT2D eigenvalue weighted by Gasteiger charge is 2.22. The molecule has 0 amide bonds. The molecule has 0 bridgehead atoms. The summed E-state index contributed by atoms with van der Waals surface area (Å²) in [6.45, 7) is 2.06. The molecule has 2 N–H and O–H groups in total. The van der Waals surface area contributed by atoms with Crippen molar-refractivity contribution in [3.63, 3.8) is 0 Å². The van der Waals surface area contributed by atoms with E-state index in [9.17, 15) is 10.1 Å². The van der Waals surface area contributed by atoms with E-state index in [4.69, 9.17) is 0 Å². The molecule has 0 spiro atoms. The van der Waals surface area contributed by atoms with E-state index in [-0.39, 0.29) is 17.5 Å². The molecule has 0 atom stereocenters. The molecule has 1 aliphatic carbocycles. The van der Waals surface area contributed by atoms with Crippen LogP contribution in [0.25, 0.3) is 0 Å². The molecule has 0 radical (unpaired) electrons. The molecule has 2 aromatic rings. The molecule has 10 heteroatoms. The van der Waals surface area contributed by atoms with Gasteiger partial charge in [0.15, 0.2) is 0 Å². The Kier molecular flexibility index (Phi) is 5.75. The van der Waals surface area contributed by atoms with Crippen LogP contribution in [0.4, 0.5) is 29.0 Å². The fourth-order valence-electron chi connectivity index (χ4n) is 3.52. The van der Waals surface area contributed by atoms with Crippen molar-refractivity contribution < 1.29 is 4.92 Å². The van der Waals surface area contributed by atoms with E-state index in [2.05, 4.69) is 30.5 Å². The van der Waals surface area contributed by atoms with E-state index in [1.807, 2.05) is 30.1 Å². The Morgan fingerprint density at radius 3 is 2.61 bits per heavy atom. The van der Waals surface area contributed by atoms with Gasteiger partial charge in [0, 0.05) is 30.6 Å². The second kappa shape index (κ2) is 8.59. The number of pyridine rings is 1. The molecule has 28 heavy (non-hydrogen) atoms. The number of nitrogens with one attached hydrogen (secondary N) is 2. The second-order valence-electron chi connectivity index (χ2n) is 6.94. The number of thioether (sulfide) groups is 1. The van der Waals surface area contributed by atoms with Gasteiger partial charge in [-0.15, -0.1) is 0 Å². The summed E-state index contributed by atoms with van der Waals surface area (Å²) >= 11 is 1.97. The van der Waals surface area contributed by atoms with Crippen molar-refractivity contribution in [2.24, 2.45) is 0 Å². The van der Waals surface area contributed by atoms with Gasteiger partial charge in [0.25, 0.3) is 0 Å². The largest absolute Gasteiger partial charge is 0.369 e. The van der Waals surface area contributed by atoms with Crippen molar-refractivity contribution in [2.45, 2.75) is 31.7 Å². The van der Waals surface area contributed by atoms with E-state index >= 15 is 0 Å². The zero-order valence-electron chi connectivity index (χ0n) is 15.5. The standard InChI is InChI=1S/C18H23N7O2S/c26-25(27)15-12-20-18(23-17(15)21-13-3-1-2-4-13)22-16-6-5-14(11-19-16)24-7-9-28-10-8-24/h5-6,11-13H,1-4,7-10H2,(H2,19,20,21,22,23). The molecule has 148 valence electrons. The third-order valence-corrected chi connectivity index (χ3v) is 5.97. The van der Waals surface area contributed by atoms with Crippen molar-refractivity contribution >= 4 is 40.7 Å². The number of hydrogen-bond donors (Lipinski definition) is 2. The lowest BCUT2D eigenvalue weighted by atomic mass is 10.2. The van der Waals surface area contributed by atoms with E-state index in [1.165, 1.54) is 6.20 Å². The molecule has 2 fully saturated rings. The van der Waals surface area contributed by atoms with E-state index in [0.717, 1.165) is 56.0 Å². The van der Waals surface area contributed by atoms with Gasteiger partial charge in [-0.2, -0.15) is 16.7 Å². The third-order valence-electron chi connectivity index (χ3n) is 5.03. The van der Waals surface area contributed by atoms with Crippen molar-refractivity contribution in [1.82, 2.24) is 15.0 Å². The SMILES string of the molecule is O=[N+]([O-])c1cnc(Nc2ccc(N3CCSCC3)cn2)nc1NC1CCCC1. The maximum absolute atomic E-state index is 11.3. The summed E-state index contributed by atoms with van der Waals surface area (Å²) in [5.41, 5.74) is 0.989. The highest BCUT2D eigenvalue weighted by atomic mass is 32.2. The lowest BCUT2D eigenvalue weighted by Gasteiger charge is -2.28. The summed E-state index contributed by atoms with van der Waals surface area (Å²) in [6, 6.07) is 4.13. The van der Waals surface area contributed by atoms with E-state index < -0.39 is 4.92 Å². The number of nitrogens with zero attached hydrogens (tertiary/aromatic N) is 5. The summed E-state index contributed by atoms with van der Waals surface area (Å²) in [4.78, 5) is 26.0. The Labute approximate surface area is 167 Å². The second-order valence-corrected chi connectivity index (χ2v) is 8.16. The molecule has 1 saturated heterocycles. The molecule has 1 aliphatic heterocycles. The van der Waals surface area contributed by atoms with Gasteiger partial charge < -0.3 is 15.5 Å². The minimum absolute atomic E-state index is 0.108. The summed E-state index contributed by atoms with van der Waals surface area (Å²) in [5, 5.41) is 17.6. The number of aromatic nitrogens is 3. The lowest BCUT2D eigenvalue weighted by Crippen LogP contribution is -2.32. The smallest absolute Gasteiger partial charge is 0.329 e. The Bertz CT molecular complexity index is 821. The summed E-state index contributed by atoms with van der Waals surface area (Å²) < 4.78 is 0. The fraction of sp³-hybridized carbons (Fsp3) is 0.500. The molecule has 2 aliphatic rings. The van der Waals surface area contributed by atoms with Crippen LogP contribution in [0.3, 0.4) is 0 Å². The Morgan fingerprint density at radius 1 is 1.14 bits per heavy atom. The first-order valence-corrected chi connectivity index (χ1v) is 10.7. The van der Waals surface area contributed by atoms with E-state index in [1.54, 1.807) is 0 Å². The molecular formula is C18H23N7O2S. The van der Waals surface area contributed by atoms with Crippen LogP contribution >= 0.6 is 11.8 Å². The van der Waals surface area contributed by atoms with Gasteiger partial charge in [-0.3, -0.25) is 10.1 Å². The summed E-state index contributed by atoms with van der Waals surface area (Å²) in [7, 11) is 0. The van der Waals surface area contributed by atoms with Crippen molar-refractivity contribution in [3.8, 4) is 0 Å². The minimum atomic E-state index is -0.453. The molecule has 9 nitrogen and oxygen atoms in total. The van der Waals surface area contributed by atoms with Gasteiger partial charge in [0.05, 0.1) is 16.8 Å². The van der Waals surface area contributed by atoms with Crippen molar-refractivity contribution in [1.29, 1.82) is 0 Å². The number of hydrogen-bond acceptors (Lipinski definition) is 9. The highest BCUT2D eigenvalue weighted by molar-refractivity contribution is 7.99. The maximum Gasteiger partial charge on any atom is 0.329 e. The minimum Gasteiger partial charge on any atom is -0.369 e. The van der Waals surface area contributed by atoms with Gasteiger partial charge in [-0.1, -0.05) is 12.8 Å². The summed E-state index contributed by atoms with van der Waals surface area (Å²) in [6.07, 6.45) is 7.35. The number of anilines is 4. The number of nitro groups is 1. The molecular weight excluding hydrogens is 378 g/mol. The Morgan fingerprint density at radius 2 is 1.93 bits per heavy atom. The van der Waals surface area contributed by atoms with Crippen LogP contribution < -0.4 is 15.5 Å². The predicted octanol–water partition coefficient (Wildman–Crippen LogP) is 3.43. The highest BCUT2D eigenvalue weighted by Crippen LogP contribution is 2.28. The first kappa shape index (κ1) is 18.7. The average molecular weight is 401 g/mol. The van der Waals surface area contributed by atoms with Crippen LogP contribution in [0, 0.1) is 10.1 Å². The third kappa shape index (κ3) is 4.44. The monoisotopic (exact) mass is 401 g/mol. The van der Waals surface area contributed by atoms with Crippen molar-refractivity contribution in [2.75, 3.05) is 40.1 Å². The molecule has 0 unspecified atom stereocenters. The lowest BCUT2D eigenvalue weighted by molar-refractivity contribution is -0.384. The predicted molar refractivity (Wildman–Crippen MR) is 112 cm³/mol. The molecule has 0 aromatic carbocycles. The van der Waals surface area contributed by atoms with Crippen molar-refractivity contribution in [3.05, 3.63) is 34.6 Å². The van der Waals surface area contributed by atoms with Crippen LogP contribution in [0.15, 0.2) is 24.5 Å². The first-order chi connectivity index (χ1) is 13.7. The van der Waals surface area contributed by atoms with Gasteiger partial charge in [-0.25, -0.2) is 9.97 Å². The zero-order chi connectivity index (χ0) is 19.3. The summed E-state index contributed by atoms with van der Waals surface area (Å²) in [5.74, 6) is 3.43. The Balaban J connectivity index is 1.48. The maximum atomic E-state index is 11.3. The zero-order valence-corrected chi connectivity index (χ0v) is 16.3. The molecule has 1 saturated carbocycles. The van der Waals surface area contributed by atoms with Gasteiger partial charge >= 0.3 is 5.69 Å². The fourth-order valence-corrected chi connectivity index (χ4v) is 4.43. The normalized spacial score (nSPS) is 17.5. The Hall–Kier alpha value is -2.62. The van der Waals surface area contributed by atoms with E-state index in [0.29, 0.717) is 11.8 Å². The average Bonchev–Trinajstić information content (AvgIpc) is 3.22. The van der Waals surface area contributed by atoms with Gasteiger partial charge in [-0.05, 0) is 25.0 Å². The molecule has 2 aromatic heterocycles. The molecule has 4 rings (SSSR count). The van der Waals surface area contributed by atoms with Crippen LogP contribution in [0.2, 0.25) is 0 Å². The van der Waals surface area contributed by atoms with Gasteiger partial charge in [0.1, 0.15) is 12.0 Å². The first-order valence-electron chi connectivity index (χ1n) is 9.53. The van der Waals surface area contributed by atoms with Crippen LogP contribution in [0.5, 0.6) is 0 Å². The topological polar surface area (TPSA) is 109 Å².